The number of fused-ring (bicyclic) bond motifs is 4. The lowest BCUT2D eigenvalue weighted by molar-refractivity contribution is -0.0336. The van der Waals surface area contributed by atoms with Crippen LogP contribution in [0.1, 0.15) is 73.5 Å². The molecule has 4 heterocycles. The Labute approximate surface area is 376 Å². The minimum absolute atomic E-state index is 0.00248. The van der Waals surface area contributed by atoms with Crippen LogP contribution in [0.15, 0.2) is 132 Å². The largest absolute Gasteiger partial charge is 0.506 e. The molecule has 0 spiro atoms. The number of aromatic hydroxyl groups is 1. The van der Waals surface area contributed by atoms with Crippen LogP contribution in [-0.2, 0) is 22.6 Å². The molecule has 0 radical (unpaired) electrons. The number of ether oxygens (including phenoxy) is 3. The van der Waals surface area contributed by atoms with E-state index in [1.54, 1.807) is 61.6 Å². The number of alkyl carbamates (subject to hydrolysis) is 1. The number of amides is 2. The summed E-state index contributed by atoms with van der Waals surface area (Å²) >= 11 is 0. The quantitative estimate of drug-likeness (QED) is 0.0633. The van der Waals surface area contributed by atoms with Crippen molar-refractivity contribution in [3.8, 4) is 11.5 Å². The van der Waals surface area contributed by atoms with Gasteiger partial charge in [-0.2, -0.15) is 0 Å². The fraction of sp³-hybridized carbons (Fsp3) is 0.294. The van der Waals surface area contributed by atoms with Gasteiger partial charge in [-0.25, -0.2) is 9.59 Å². The molecule has 1 aromatic heterocycles. The molecular formula is C51H53N5O9. The highest BCUT2D eigenvalue weighted by atomic mass is 16.6. The van der Waals surface area contributed by atoms with Crippen molar-refractivity contribution in [2.45, 2.75) is 44.2 Å². The van der Waals surface area contributed by atoms with Gasteiger partial charge in [-0.15, -0.1) is 0 Å². The highest BCUT2D eigenvalue weighted by Gasteiger charge is 2.37. The summed E-state index contributed by atoms with van der Waals surface area (Å²) in [5.74, 6) is 0.196. The number of nitrogens with zero attached hydrogens (tertiary/aromatic N) is 2. The molecule has 3 saturated heterocycles. The number of likely N-dealkylation sites (N-methyl/N-ethyl adjacent to an activating group) is 1. The number of esters is 1. The number of aliphatic hydroxyl groups excluding tert-OH is 1. The molecule has 14 heteroatoms. The summed E-state index contributed by atoms with van der Waals surface area (Å²) in [6.45, 7) is 3.89. The first-order valence-electron chi connectivity index (χ1n) is 21.9. The molecule has 2 bridgehead atoms. The Balaban J connectivity index is 0.785. The van der Waals surface area contributed by atoms with Crippen molar-refractivity contribution in [1.29, 1.82) is 0 Å². The predicted molar refractivity (Wildman–Crippen MR) is 245 cm³/mol. The van der Waals surface area contributed by atoms with Crippen molar-refractivity contribution >= 4 is 28.9 Å². The molecule has 3 fully saturated rings. The van der Waals surface area contributed by atoms with Gasteiger partial charge in [0.25, 0.3) is 5.91 Å². The minimum Gasteiger partial charge on any atom is -0.506 e. The second kappa shape index (κ2) is 20.7. The number of hydrogen-bond acceptors (Lipinski definition) is 11. The number of aromatic amines is 1. The number of piperidine rings is 3. The Morgan fingerprint density at radius 3 is 2.38 bits per heavy atom. The van der Waals surface area contributed by atoms with Crippen molar-refractivity contribution in [1.82, 2.24) is 25.4 Å². The second-order valence-corrected chi connectivity index (χ2v) is 16.6. The van der Waals surface area contributed by atoms with Gasteiger partial charge >= 0.3 is 12.1 Å². The Morgan fingerprint density at radius 2 is 1.62 bits per heavy atom. The topological polar surface area (TPSA) is 183 Å². The van der Waals surface area contributed by atoms with Crippen LogP contribution in [0.25, 0.3) is 10.9 Å². The van der Waals surface area contributed by atoms with E-state index in [4.69, 9.17) is 14.2 Å². The summed E-state index contributed by atoms with van der Waals surface area (Å²) in [5, 5.41) is 27.9. The lowest BCUT2D eigenvalue weighted by Gasteiger charge is -2.43. The summed E-state index contributed by atoms with van der Waals surface area (Å²) in [5.41, 5.74) is 4.73. The summed E-state index contributed by atoms with van der Waals surface area (Å²) in [4.78, 5) is 57.7. The van der Waals surface area contributed by atoms with E-state index < -0.39 is 24.2 Å². The normalized spacial score (nSPS) is 17.5. The maximum atomic E-state index is 13.3. The van der Waals surface area contributed by atoms with Gasteiger partial charge in [-0.05, 0) is 108 Å². The van der Waals surface area contributed by atoms with Gasteiger partial charge in [-0.3, -0.25) is 14.5 Å². The lowest BCUT2D eigenvalue weighted by Crippen LogP contribution is -2.52. The molecular weight excluding hydrogens is 827 g/mol. The van der Waals surface area contributed by atoms with Crippen molar-refractivity contribution < 1.29 is 38.8 Å². The van der Waals surface area contributed by atoms with E-state index in [2.05, 4.69) is 20.5 Å². The number of phenols is 1. The molecule has 0 aliphatic carbocycles. The molecule has 65 heavy (non-hydrogen) atoms. The lowest BCUT2D eigenvalue weighted by atomic mass is 9.86. The van der Waals surface area contributed by atoms with Gasteiger partial charge in [0.05, 0.1) is 29.8 Å². The Hall–Kier alpha value is -7.00. The number of phenolic OH excluding ortho intramolecular Hbond substituents is 1. The zero-order chi connectivity index (χ0) is 45.3. The fourth-order valence-corrected chi connectivity index (χ4v) is 8.53. The van der Waals surface area contributed by atoms with Gasteiger partial charge in [0.1, 0.15) is 30.8 Å². The average Bonchev–Trinajstić information content (AvgIpc) is 3.33. The molecule has 5 N–H and O–H groups in total. The summed E-state index contributed by atoms with van der Waals surface area (Å²) in [6, 6.07) is 37.0. The minimum atomic E-state index is -0.924. The molecule has 5 aromatic carbocycles. The Kier molecular flexibility index (Phi) is 14.2. The molecule has 14 nitrogen and oxygen atoms in total. The van der Waals surface area contributed by atoms with Gasteiger partial charge < -0.3 is 44.9 Å². The molecule has 3 atom stereocenters. The molecule has 9 rings (SSSR count). The zero-order valence-electron chi connectivity index (χ0n) is 36.2. The molecule has 3 aliphatic heterocycles. The standard InChI is InChI=1S/C51H53N5O9/c1-55(49(60)39-11-5-7-34(27-39)29-52-30-44(58)41-17-19-43(57)48-42(41)18-20-46(59)53-48)25-26-63-50(61)37-15-13-33(14-16-37)32-64-40-12-6-10-38(28-40)47(36-8-3-2-4-9-36)54-51(62)65-45-31-56-23-21-35(45)22-24-56/h2-20,27-28,35,44-45,47,52,57-58H,21-26,29-32H2,1H3,(H,53,59)(H,54,62)/t44-,45-,47?/m0/s1. The van der Waals surface area contributed by atoms with E-state index in [0.717, 1.165) is 54.7 Å². The average molecular weight is 880 g/mol. The first-order valence-corrected chi connectivity index (χ1v) is 21.9. The Morgan fingerprint density at radius 1 is 0.846 bits per heavy atom. The van der Waals surface area contributed by atoms with Crippen LogP contribution >= 0.6 is 0 Å². The summed E-state index contributed by atoms with van der Waals surface area (Å²) in [7, 11) is 1.64. The summed E-state index contributed by atoms with van der Waals surface area (Å²) in [6.07, 6.45) is 0.646. The smallest absolute Gasteiger partial charge is 0.408 e. The van der Waals surface area contributed by atoms with Crippen LogP contribution in [0.4, 0.5) is 4.79 Å². The maximum Gasteiger partial charge on any atom is 0.408 e. The van der Waals surface area contributed by atoms with Crippen LogP contribution in [0.3, 0.4) is 0 Å². The van der Waals surface area contributed by atoms with E-state index in [0.29, 0.717) is 40.3 Å². The van der Waals surface area contributed by atoms with Crippen LogP contribution in [0.2, 0.25) is 0 Å². The Bertz CT molecular complexity index is 2670. The van der Waals surface area contributed by atoms with E-state index in [9.17, 15) is 29.4 Å². The number of H-pyrrole nitrogens is 1. The SMILES string of the molecule is CN(CCOC(=O)c1ccc(COc2cccc(C(NC(=O)O[C@H]3CN4CCC3CC4)c3ccccc3)c2)cc1)C(=O)c1cccc(CNC[C@H](O)c2ccc(O)c3[nH]c(=O)ccc23)c1. The maximum absolute atomic E-state index is 13.3. The van der Waals surface area contributed by atoms with E-state index in [1.807, 2.05) is 60.7 Å². The third-order valence-corrected chi connectivity index (χ3v) is 12.1. The molecule has 2 amide bonds. The molecule has 336 valence electrons. The van der Waals surface area contributed by atoms with E-state index >= 15 is 0 Å². The third-order valence-electron chi connectivity index (χ3n) is 12.1. The number of benzene rings is 5. The van der Waals surface area contributed by atoms with Gasteiger partial charge in [-0.1, -0.05) is 72.8 Å². The number of pyridine rings is 1. The van der Waals surface area contributed by atoms with Crippen LogP contribution in [0.5, 0.6) is 11.5 Å². The first-order chi connectivity index (χ1) is 31.6. The summed E-state index contributed by atoms with van der Waals surface area (Å²) < 4.78 is 17.7. The van der Waals surface area contributed by atoms with Crippen molar-refractivity contribution in [3.63, 3.8) is 0 Å². The van der Waals surface area contributed by atoms with Crippen molar-refractivity contribution in [2.24, 2.45) is 5.92 Å². The second-order valence-electron chi connectivity index (χ2n) is 16.6. The number of aliphatic hydroxyl groups is 1. The van der Waals surface area contributed by atoms with E-state index in [1.165, 1.54) is 17.0 Å². The van der Waals surface area contributed by atoms with Crippen molar-refractivity contribution in [3.05, 3.63) is 177 Å². The van der Waals surface area contributed by atoms with E-state index in [-0.39, 0.29) is 55.1 Å². The van der Waals surface area contributed by atoms with Crippen LogP contribution in [-0.4, -0.2) is 95.4 Å². The zero-order valence-corrected chi connectivity index (χ0v) is 36.2. The highest BCUT2D eigenvalue weighted by Crippen LogP contribution is 2.32. The van der Waals surface area contributed by atoms with Gasteiger partial charge in [0, 0.05) is 43.7 Å². The monoisotopic (exact) mass is 879 g/mol. The molecule has 6 aromatic rings. The van der Waals surface area contributed by atoms with Gasteiger partial charge in [0.2, 0.25) is 5.56 Å². The number of carbonyl (C=O) groups is 3. The fourth-order valence-electron chi connectivity index (χ4n) is 8.53. The highest BCUT2D eigenvalue weighted by molar-refractivity contribution is 5.94. The number of aromatic nitrogens is 1. The van der Waals surface area contributed by atoms with Crippen molar-refractivity contribution in [2.75, 3.05) is 46.4 Å². The molecule has 0 saturated carbocycles. The molecule has 1 unspecified atom stereocenters. The molecule has 3 aliphatic rings. The van der Waals surface area contributed by atoms with Crippen LogP contribution < -0.4 is 20.9 Å². The number of carbonyl (C=O) groups excluding carboxylic acids is 3. The van der Waals surface area contributed by atoms with Crippen LogP contribution in [0, 0.1) is 5.92 Å². The van der Waals surface area contributed by atoms with Gasteiger partial charge in [0.15, 0.2) is 0 Å². The first kappa shape index (κ1) is 44.6. The number of rotatable bonds is 17. The predicted octanol–water partition coefficient (Wildman–Crippen LogP) is 6.47. The number of nitrogens with one attached hydrogen (secondary N) is 3. The number of hydrogen-bond donors (Lipinski definition) is 5. The third kappa shape index (κ3) is 11.2.